The fourth-order valence-corrected chi connectivity index (χ4v) is 4.99. The highest BCUT2D eigenvalue weighted by molar-refractivity contribution is 14.1. The molecule has 1 saturated carbocycles. The number of carbonyl (C=O) groups is 3. The zero-order chi connectivity index (χ0) is 20.9. The Kier molecular flexibility index (Phi) is 5.60. The minimum absolute atomic E-state index is 0.0234. The van der Waals surface area contributed by atoms with Crippen molar-refractivity contribution in [2.24, 2.45) is 16.7 Å². The molecule has 4 nitrogen and oxygen atoms in total. The van der Waals surface area contributed by atoms with Gasteiger partial charge in [0.05, 0.1) is 5.92 Å². The molecular weight excluding hydrogens is 467 g/mol. The SMILES string of the molecule is CC1(C)CC(=O)C([C@H](C2=C(O)CC(C)(C)CC2=O)c2ccc(I)cc2)C(=O)C1. The minimum Gasteiger partial charge on any atom is -0.512 e. The molecule has 0 spiro atoms. The zero-order valence-electron chi connectivity index (χ0n) is 16.8. The highest BCUT2D eigenvalue weighted by Crippen LogP contribution is 2.47. The van der Waals surface area contributed by atoms with E-state index in [-0.39, 0.29) is 39.5 Å². The summed E-state index contributed by atoms with van der Waals surface area (Å²) in [6, 6.07) is 7.53. The number of hydrogen-bond donors (Lipinski definition) is 1. The predicted octanol–water partition coefficient (Wildman–Crippen LogP) is 5.15. The quantitative estimate of drug-likeness (QED) is 0.466. The van der Waals surface area contributed by atoms with Gasteiger partial charge in [-0.3, -0.25) is 14.4 Å². The molecule has 5 heteroatoms. The molecule has 0 bridgehead atoms. The van der Waals surface area contributed by atoms with Crippen LogP contribution in [-0.2, 0) is 14.4 Å². The van der Waals surface area contributed by atoms with Crippen LogP contribution in [-0.4, -0.2) is 22.5 Å². The van der Waals surface area contributed by atoms with Gasteiger partial charge in [0, 0.05) is 40.7 Å². The van der Waals surface area contributed by atoms with Gasteiger partial charge in [-0.1, -0.05) is 39.8 Å². The van der Waals surface area contributed by atoms with Crippen molar-refractivity contribution in [1.29, 1.82) is 0 Å². The molecule has 0 radical (unpaired) electrons. The molecular formula is C23H27IO4. The van der Waals surface area contributed by atoms with E-state index in [0.29, 0.717) is 25.7 Å². The van der Waals surface area contributed by atoms with Gasteiger partial charge >= 0.3 is 0 Å². The van der Waals surface area contributed by atoms with Gasteiger partial charge in [0.15, 0.2) is 5.78 Å². The summed E-state index contributed by atoms with van der Waals surface area (Å²) in [5, 5.41) is 10.8. The van der Waals surface area contributed by atoms with E-state index in [9.17, 15) is 19.5 Å². The topological polar surface area (TPSA) is 71.4 Å². The van der Waals surface area contributed by atoms with Gasteiger partial charge in [-0.2, -0.15) is 0 Å². The molecule has 3 rings (SSSR count). The zero-order valence-corrected chi connectivity index (χ0v) is 19.0. The molecule has 1 aromatic carbocycles. The van der Waals surface area contributed by atoms with Crippen LogP contribution >= 0.6 is 22.6 Å². The van der Waals surface area contributed by atoms with Gasteiger partial charge in [-0.05, 0) is 51.1 Å². The number of halogens is 1. The number of aliphatic hydroxyl groups is 1. The first-order valence-corrected chi connectivity index (χ1v) is 10.7. The Balaban J connectivity index is 2.14. The van der Waals surface area contributed by atoms with E-state index in [1.807, 2.05) is 52.0 Å². The number of benzene rings is 1. The summed E-state index contributed by atoms with van der Waals surface area (Å²) in [5.41, 5.74) is 0.300. The third kappa shape index (κ3) is 4.24. The lowest BCUT2D eigenvalue weighted by Crippen LogP contribution is -2.43. The molecule has 0 aromatic heterocycles. The molecule has 0 unspecified atom stereocenters. The Morgan fingerprint density at radius 1 is 0.893 bits per heavy atom. The second-order valence-electron chi connectivity index (χ2n) is 9.76. The normalized spacial score (nSPS) is 23.8. The molecule has 1 N–H and O–H groups in total. The van der Waals surface area contributed by atoms with Crippen molar-refractivity contribution >= 4 is 39.9 Å². The Morgan fingerprint density at radius 3 is 1.89 bits per heavy atom. The van der Waals surface area contributed by atoms with Crippen LogP contribution in [0.5, 0.6) is 0 Å². The van der Waals surface area contributed by atoms with E-state index in [2.05, 4.69) is 22.6 Å². The standard InChI is InChI=1S/C23H27IO4/c1-22(2)9-15(25)20(16(26)10-22)19(13-5-7-14(24)8-6-13)21-17(27)11-23(3,4)12-18(21)28/h5-8,19-20,27H,9-12H2,1-4H3/t19-/m1/s1. The van der Waals surface area contributed by atoms with Gasteiger partial charge in [-0.15, -0.1) is 0 Å². The molecule has 0 amide bonds. The summed E-state index contributed by atoms with van der Waals surface area (Å²) < 4.78 is 1.02. The summed E-state index contributed by atoms with van der Waals surface area (Å²) >= 11 is 2.19. The minimum atomic E-state index is -0.907. The lowest BCUT2D eigenvalue weighted by atomic mass is 9.62. The van der Waals surface area contributed by atoms with Crippen molar-refractivity contribution in [3.05, 3.63) is 44.7 Å². The summed E-state index contributed by atoms with van der Waals surface area (Å²) in [4.78, 5) is 39.1. The summed E-state index contributed by atoms with van der Waals surface area (Å²) in [5.74, 6) is -2.03. The Labute approximate surface area is 179 Å². The molecule has 1 aromatic rings. The first kappa shape index (κ1) is 21.2. The van der Waals surface area contributed by atoms with Crippen molar-refractivity contribution in [2.45, 2.75) is 59.3 Å². The van der Waals surface area contributed by atoms with E-state index in [1.54, 1.807) is 0 Å². The van der Waals surface area contributed by atoms with Crippen LogP contribution in [0.25, 0.3) is 0 Å². The van der Waals surface area contributed by atoms with Crippen LogP contribution in [0.1, 0.15) is 64.9 Å². The third-order valence-corrected chi connectivity index (χ3v) is 6.49. The third-order valence-electron chi connectivity index (χ3n) is 5.77. The van der Waals surface area contributed by atoms with Crippen LogP contribution in [0.2, 0.25) is 0 Å². The van der Waals surface area contributed by atoms with Gasteiger partial charge < -0.3 is 5.11 Å². The van der Waals surface area contributed by atoms with Gasteiger partial charge in [0.1, 0.15) is 17.3 Å². The maximum absolute atomic E-state index is 13.0. The Bertz CT molecular complexity index is 841. The number of rotatable bonds is 3. The number of Topliss-reactive ketones (excluding diaryl/α,β-unsaturated/α-hetero) is 3. The lowest BCUT2D eigenvalue weighted by molar-refractivity contribution is -0.140. The molecule has 1 fully saturated rings. The summed E-state index contributed by atoms with van der Waals surface area (Å²) in [6.45, 7) is 7.72. The predicted molar refractivity (Wildman–Crippen MR) is 116 cm³/mol. The van der Waals surface area contributed by atoms with E-state index in [4.69, 9.17) is 0 Å². The monoisotopic (exact) mass is 494 g/mol. The molecule has 150 valence electrons. The van der Waals surface area contributed by atoms with Crippen LogP contribution in [0.3, 0.4) is 0 Å². The fraction of sp³-hybridized carbons (Fsp3) is 0.522. The summed E-state index contributed by atoms with van der Waals surface area (Å²) in [6.07, 6.45) is 1.28. The number of aliphatic hydroxyl groups excluding tert-OH is 1. The van der Waals surface area contributed by atoms with E-state index < -0.39 is 11.8 Å². The second-order valence-corrected chi connectivity index (χ2v) is 11.0. The van der Waals surface area contributed by atoms with E-state index >= 15 is 0 Å². The van der Waals surface area contributed by atoms with Gasteiger partial charge in [0.25, 0.3) is 0 Å². The van der Waals surface area contributed by atoms with Crippen LogP contribution in [0.15, 0.2) is 35.6 Å². The number of carbonyl (C=O) groups excluding carboxylic acids is 3. The fourth-order valence-electron chi connectivity index (χ4n) is 4.63. The Morgan fingerprint density at radius 2 is 1.39 bits per heavy atom. The molecule has 0 heterocycles. The van der Waals surface area contributed by atoms with Crippen molar-refractivity contribution in [3.63, 3.8) is 0 Å². The van der Waals surface area contributed by atoms with Crippen molar-refractivity contribution in [3.8, 4) is 0 Å². The smallest absolute Gasteiger partial charge is 0.163 e. The van der Waals surface area contributed by atoms with E-state index in [0.717, 1.165) is 9.13 Å². The van der Waals surface area contributed by atoms with Crippen LogP contribution in [0, 0.1) is 20.3 Å². The van der Waals surface area contributed by atoms with Crippen LogP contribution in [0.4, 0.5) is 0 Å². The second kappa shape index (κ2) is 7.39. The summed E-state index contributed by atoms with van der Waals surface area (Å²) in [7, 11) is 0. The number of allylic oxidation sites excluding steroid dienone is 2. The van der Waals surface area contributed by atoms with Crippen molar-refractivity contribution in [2.75, 3.05) is 0 Å². The lowest BCUT2D eigenvalue weighted by Gasteiger charge is -2.39. The van der Waals surface area contributed by atoms with E-state index in [1.165, 1.54) is 0 Å². The van der Waals surface area contributed by atoms with Gasteiger partial charge in [-0.25, -0.2) is 0 Å². The highest BCUT2D eigenvalue weighted by atomic mass is 127. The molecule has 0 saturated heterocycles. The average Bonchev–Trinajstić information content (AvgIpc) is 2.50. The highest BCUT2D eigenvalue weighted by Gasteiger charge is 2.48. The first-order chi connectivity index (χ1) is 12.9. The first-order valence-electron chi connectivity index (χ1n) is 9.66. The number of hydrogen-bond acceptors (Lipinski definition) is 4. The van der Waals surface area contributed by atoms with Gasteiger partial charge in [0.2, 0.25) is 0 Å². The van der Waals surface area contributed by atoms with Crippen LogP contribution < -0.4 is 0 Å². The molecule has 0 aliphatic heterocycles. The molecule has 2 aliphatic carbocycles. The molecule has 28 heavy (non-hydrogen) atoms. The van der Waals surface area contributed by atoms with Crippen molar-refractivity contribution < 1.29 is 19.5 Å². The molecule has 2 aliphatic rings. The largest absolute Gasteiger partial charge is 0.512 e. The maximum atomic E-state index is 13.0. The number of ketones is 3. The maximum Gasteiger partial charge on any atom is 0.163 e. The Hall–Kier alpha value is -1.50. The molecule has 1 atom stereocenters. The van der Waals surface area contributed by atoms with Crippen molar-refractivity contribution in [1.82, 2.24) is 0 Å². The average molecular weight is 494 g/mol.